The first-order valence-corrected chi connectivity index (χ1v) is 8.51. The summed E-state index contributed by atoms with van der Waals surface area (Å²) in [6.07, 6.45) is -4.28. The minimum absolute atomic E-state index is 0.188. The maximum atomic E-state index is 13.1. The lowest BCUT2D eigenvalue weighted by Crippen LogP contribution is -2.38. The summed E-state index contributed by atoms with van der Waals surface area (Å²) in [6, 6.07) is 16.0. The summed E-state index contributed by atoms with van der Waals surface area (Å²) < 4.78 is 39.4. The second-order valence-corrected chi connectivity index (χ2v) is 6.67. The number of aliphatic carboxylic acids is 1. The molecule has 0 bridgehead atoms. The molecule has 1 aliphatic heterocycles. The molecule has 0 aliphatic carbocycles. The highest BCUT2D eigenvalue weighted by Gasteiger charge is 2.38. The summed E-state index contributed by atoms with van der Waals surface area (Å²) >= 11 is 0. The summed E-state index contributed by atoms with van der Waals surface area (Å²) in [6.45, 7) is 0.229. The van der Waals surface area contributed by atoms with Crippen molar-refractivity contribution in [1.82, 2.24) is 0 Å². The molecular weight excluding hydrogens is 355 g/mol. The van der Waals surface area contributed by atoms with Gasteiger partial charge >= 0.3 is 12.1 Å². The first-order valence-electron chi connectivity index (χ1n) is 8.51. The van der Waals surface area contributed by atoms with Gasteiger partial charge in [0.1, 0.15) is 6.04 Å². The van der Waals surface area contributed by atoms with Gasteiger partial charge in [0.2, 0.25) is 0 Å². The van der Waals surface area contributed by atoms with Gasteiger partial charge in [-0.25, -0.2) is 4.79 Å². The van der Waals surface area contributed by atoms with Gasteiger partial charge < -0.3 is 10.0 Å². The van der Waals surface area contributed by atoms with Gasteiger partial charge in [-0.15, -0.1) is 0 Å². The van der Waals surface area contributed by atoms with Crippen LogP contribution < -0.4 is 4.90 Å². The number of rotatable bonds is 3. The van der Waals surface area contributed by atoms with E-state index in [1.165, 1.54) is 6.07 Å². The Morgan fingerprint density at radius 1 is 1.07 bits per heavy atom. The van der Waals surface area contributed by atoms with Crippen molar-refractivity contribution in [2.75, 3.05) is 4.90 Å². The number of alkyl halides is 3. The van der Waals surface area contributed by atoms with Crippen molar-refractivity contribution in [2.45, 2.75) is 25.2 Å². The minimum Gasteiger partial charge on any atom is -0.480 e. The lowest BCUT2D eigenvalue weighted by atomic mass is 10.0. The largest absolute Gasteiger partial charge is 0.480 e. The molecule has 138 valence electrons. The fourth-order valence-electron chi connectivity index (χ4n) is 3.70. The third kappa shape index (κ3) is 3.12. The number of anilines is 1. The lowest BCUT2D eigenvalue weighted by molar-refractivity contribution is -0.138. The highest BCUT2D eigenvalue weighted by Crippen LogP contribution is 2.39. The van der Waals surface area contributed by atoms with E-state index in [1.807, 2.05) is 42.5 Å². The van der Waals surface area contributed by atoms with Crippen LogP contribution in [0.5, 0.6) is 0 Å². The van der Waals surface area contributed by atoms with Crippen LogP contribution in [0.2, 0.25) is 0 Å². The van der Waals surface area contributed by atoms with Crippen molar-refractivity contribution in [3.05, 3.63) is 77.4 Å². The highest BCUT2D eigenvalue weighted by atomic mass is 19.4. The van der Waals surface area contributed by atoms with Crippen LogP contribution in [0.3, 0.4) is 0 Å². The maximum absolute atomic E-state index is 13.1. The van der Waals surface area contributed by atoms with Crippen molar-refractivity contribution in [3.63, 3.8) is 0 Å². The van der Waals surface area contributed by atoms with Gasteiger partial charge in [-0.3, -0.25) is 0 Å². The molecule has 3 aromatic rings. The predicted octanol–water partition coefficient (Wildman–Crippen LogP) is 4.87. The van der Waals surface area contributed by atoms with Crippen molar-refractivity contribution in [3.8, 4) is 0 Å². The van der Waals surface area contributed by atoms with Gasteiger partial charge in [0.15, 0.2) is 0 Å². The molecule has 1 unspecified atom stereocenters. The summed E-state index contributed by atoms with van der Waals surface area (Å²) in [7, 11) is 0. The maximum Gasteiger partial charge on any atom is 0.416 e. The molecule has 3 nitrogen and oxygen atoms in total. The smallest absolute Gasteiger partial charge is 0.416 e. The number of hydrogen-bond acceptors (Lipinski definition) is 2. The number of fused-ring (bicyclic) bond motifs is 2. The molecule has 1 atom stereocenters. The molecular formula is C21H16F3NO2. The average Bonchev–Trinajstić information content (AvgIpc) is 2.99. The first-order chi connectivity index (χ1) is 12.8. The van der Waals surface area contributed by atoms with E-state index in [0.29, 0.717) is 11.3 Å². The summed E-state index contributed by atoms with van der Waals surface area (Å²) in [5.41, 5.74) is 1.07. The molecule has 1 aliphatic rings. The SMILES string of the molecule is O=C(O)C1Cc2ccc(C(F)(F)F)cc2N1Cc1cccc2ccccc12. The van der Waals surface area contributed by atoms with Crippen molar-refractivity contribution < 1.29 is 23.1 Å². The number of benzene rings is 3. The van der Waals surface area contributed by atoms with Gasteiger partial charge in [0.25, 0.3) is 0 Å². The molecule has 0 saturated carbocycles. The Morgan fingerprint density at radius 3 is 2.56 bits per heavy atom. The molecule has 27 heavy (non-hydrogen) atoms. The van der Waals surface area contributed by atoms with Gasteiger partial charge in [0.05, 0.1) is 5.56 Å². The molecule has 0 fully saturated rings. The van der Waals surface area contributed by atoms with E-state index in [9.17, 15) is 23.1 Å². The van der Waals surface area contributed by atoms with Crippen LogP contribution in [0.25, 0.3) is 10.8 Å². The second-order valence-electron chi connectivity index (χ2n) is 6.67. The van der Waals surface area contributed by atoms with E-state index in [2.05, 4.69) is 0 Å². The van der Waals surface area contributed by atoms with Crippen molar-refractivity contribution in [2.24, 2.45) is 0 Å². The molecule has 0 spiro atoms. The van der Waals surface area contributed by atoms with E-state index in [1.54, 1.807) is 4.90 Å². The Labute approximate surface area is 153 Å². The van der Waals surface area contributed by atoms with Crippen LogP contribution >= 0.6 is 0 Å². The van der Waals surface area contributed by atoms with Crippen LogP contribution in [-0.4, -0.2) is 17.1 Å². The van der Waals surface area contributed by atoms with Gasteiger partial charge in [-0.05, 0) is 34.0 Å². The van der Waals surface area contributed by atoms with Crippen LogP contribution in [0.15, 0.2) is 60.7 Å². The molecule has 0 saturated heterocycles. The Kier molecular flexibility index (Phi) is 4.06. The first kappa shape index (κ1) is 17.4. The van der Waals surface area contributed by atoms with Crippen molar-refractivity contribution >= 4 is 22.4 Å². The van der Waals surface area contributed by atoms with E-state index < -0.39 is 23.8 Å². The fourth-order valence-corrected chi connectivity index (χ4v) is 3.70. The Hall–Kier alpha value is -3.02. The number of carbonyl (C=O) groups is 1. The standard InChI is InChI=1S/C21H16F3NO2/c22-21(23,24)16-9-8-14-10-19(20(26)27)25(18(14)11-16)12-15-6-3-5-13-4-1-2-7-17(13)15/h1-9,11,19H,10,12H2,(H,26,27). The average molecular weight is 371 g/mol. The van der Waals surface area contributed by atoms with E-state index in [-0.39, 0.29) is 13.0 Å². The monoisotopic (exact) mass is 371 g/mol. The Bertz CT molecular complexity index is 1020. The topological polar surface area (TPSA) is 40.5 Å². The molecule has 0 radical (unpaired) electrons. The Morgan fingerprint density at radius 2 is 1.81 bits per heavy atom. The quantitative estimate of drug-likeness (QED) is 0.714. The van der Waals surface area contributed by atoms with Crippen LogP contribution in [-0.2, 0) is 23.9 Å². The molecule has 1 heterocycles. The molecule has 0 amide bonds. The van der Waals surface area contributed by atoms with E-state index in [4.69, 9.17) is 0 Å². The van der Waals surface area contributed by atoms with Gasteiger partial charge in [0, 0.05) is 18.7 Å². The zero-order valence-electron chi connectivity index (χ0n) is 14.2. The molecule has 1 N–H and O–H groups in total. The Balaban J connectivity index is 1.79. The summed E-state index contributed by atoms with van der Waals surface area (Å²) in [5, 5.41) is 11.6. The lowest BCUT2D eigenvalue weighted by Gasteiger charge is -2.26. The molecule has 0 aromatic heterocycles. The third-order valence-electron chi connectivity index (χ3n) is 5.02. The number of hydrogen-bond donors (Lipinski definition) is 1. The molecule has 4 rings (SSSR count). The minimum atomic E-state index is -4.47. The van der Waals surface area contributed by atoms with Crippen molar-refractivity contribution in [1.29, 1.82) is 0 Å². The second kappa shape index (κ2) is 6.30. The van der Waals surface area contributed by atoms with Gasteiger partial charge in [-0.2, -0.15) is 13.2 Å². The van der Waals surface area contributed by atoms with E-state index >= 15 is 0 Å². The zero-order chi connectivity index (χ0) is 19.2. The molecule has 3 aromatic carbocycles. The van der Waals surface area contributed by atoms with Gasteiger partial charge in [-0.1, -0.05) is 48.5 Å². The van der Waals surface area contributed by atoms with Crippen LogP contribution in [0, 0.1) is 0 Å². The number of carboxylic acids is 1. The zero-order valence-corrected chi connectivity index (χ0v) is 14.2. The fraction of sp³-hybridized carbons (Fsp3) is 0.190. The summed E-state index contributed by atoms with van der Waals surface area (Å²) in [5.74, 6) is -1.04. The highest BCUT2D eigenvalue weighted by molar-refractivity contribution is 5.87. The third-order valence-corrected chi connectivity index (χ3v) is 5.02. The van der Waals surface area contributed by atoms with Crippen LogP contribution in [0.1, 0.15) is 16.7 Å². The predicted molar refractivity (Wildman–Crippen MR) is 96.7 cm³/mol. The normalized spacial score (nSPS) is 16.6. The number of nitrogens with zero attached hydrogens (tertiary/aromatic N) is 1. The number of carboxylic acid groups (broad SMARTS) is 1. The molecule has 6 heteroatoms. The summed E-state index contributed by atoms with van der Waals surface area (Å²) in [4.78, 5) is 13.3. The number of halogens is 3. The van der Waals surface area contributed by atoms with Crippen LogP contribution in [0.4, 0.5) is 18.9 Å². The van der Waals surface area contributed by atoms with E-state index in [0.717, 1.165) is 28.5 Å².